The average molecular weight is 708 g/mol. The van der Waals surface area contributed by atoms with E-state index < -0.39 is 40.0 Å². The monoisotopic (exact) mass is 706 g/mol. The van der Waals surface area contributed by atoms with Gasteiger partial charge in [-0.05, 0) is 82.3 Å². The summed E-state index contributed by atoms with van der Waals surface area (Å²) in [7, 11) is 0. The first-order chi connectivity index (χ1) is 19.2. The minimum absolute atomic E-state index is 0.0548. The Bertz CT molecular complexity index is 1640. The first-order valence-corrected chi connectivity index (χ1v) is 13.6. The van der Waals surface area contributed by atoms with Gasteiger partial charge in [-0.1, -0.05) is 41.0 Å². The van der Waals surface area contributed by atoms with Crippen LogP contribution < -0.4 is 15.5 Å². The molecule has 1 aliphatic heterocycles. The first kappa shape index (κ1) is 30.6. The van der Waals surface area contributed by atoms with Gasteiger partial charge < -0.3 is 10.1 Å². The van der Waals surface area contributed by atoms with Crippen molar-refractivity contribution in [1.29, 1.82) is 0 Å². The Morgan fingerprint density at radius 3 is 2.44 bits per heavy atom. The lowest BCUT2D eigenvalue weighted by molar-refractivity contribution is -0.385. The number of hydrogen-bond donors (Lipinski definition) is 2. The van der Waals surface area contributed by atoms with Crippen LogP contribution in [0.15, 0.2) is 64.0 Å². The summed E-state index contributed by atoms with van der Waals surface area (Å²) in [5.74, 6) is -0.943. The summed E-state index contributed by atoms with van der Waals surface area (Å²) in [4.78, 5) is 35.8. The molecular formula is C24H12BrCl2F3N4O5S2. The molecule has 9 nitrogen and oxygen atoms in total. The van der Waals surface area contributed by atoms with Crippen LogP contribution in [0.1, 0.15) is 11.1 Å². The van der Waals surface area contributed by atoms with Crippen LogP contribution in [0.2, 0.25) is 10.0 Å². The maximum absolute atomic E-state index is 13.0. The van der Waals surface area contributed by atoms with Gasteiger partial charge in [0.15, 0.2) is 4.32 Å². The number of carbonyl (C=O) groups excluding carboxylic acids is 2. The molecule has 3 amide bonds. The molecule has 0 saturated carbocycles. The SMILES string of the molecule is O=C(Nc1ccc(Cl)c(Cl)c1)NN1C(=O)/C(=C\c2ccc(Oc3ccc(C(F)(F)F)cc3[N+](=O)[O-])c(Br)c2)SC1=S. The summed E-state index contributed by atoms with van der Waals surface area (Å²) >= 11 is 21.2. The third-order valence-corrected chi connectivity index (χ3v) is 7.80. The lowest BCUT2D eigenvalue weighted by atomic mass is 10.1. The molecule has 17 heteroatoms. The minimum Gasteiger partial charge on any atom is -0.449 e. The minimum atomic E-state index is -4.77. The molecule has 1 fully saturated rings. The number of alkyl halides is 3. The zero-order chi connectivity index (χ0) is 30.1. The first-order valence-electron chi connectivity index (χ1n) is 10.9. The van der Waals surface area contributed by atoms with E-state index in [1.54, 1.807) is 0 Å². The Morgan fingerprint density at radius 2 is 1.80 bits per heavy atom. The number of amides is 3. The van der Waals surface area contributed by atoms with Crippen LogP contribution in [-0.2, 0) is 11.0 Å². The lowest BCUT2D eigenvalue weighted by Gasteiger charge is -2.16. The zero-order valence-electron chi connectivity index (χ0n) is 19.8. The van der Waals surface area contributed by atoms with E-state index in [-0.39, 0.29) is 24.5 Å². The van der Waals surface area contributed by atoms with Crippen molar-refractivity contribution in [2.45, 2.75) is 6.18 Å². The predicted octanol–water partition coefficient (Wildman–Crippen LogP) is 8.41. The fourth-order valence-corrected chi connectivity index (χ4v) is 5.24. The Labute approximate surface area is 256 Å². The number of thiocarbonyl (C=S) groups is 1. The van der Waals surface area contributed by atoms with Crippen molar-refractivity contribution in [3.05, 3.63) is 95.3 Å². The lowest BCUT2D eigenvalue weighted by Crippen LogP contribution is -2.46. The summed E-state index contributed by atoms with van der Waals surface area (Å²) in [5.41, 5.74) is 1.10. The van der Waals surface area contributed by atoms with E-state index in [0.717, 1.165) is 22.8 Å². The van der Waals surface area contributed by atoms with Crippen LogP contribution in [0.4, 0.5) is 29.3 Å². The van der Waals surface area contributed by atoms with Gasteiger partial charge in [0.25, 0.3) is 5.91 Å². The van der Waals surface area contributed by atoms with Crippen LogP contribution in [-0.4, -0.2) is 26.2 Å². The number of benzene rings is 3. The zero-order valence-corrected chi connectivity index (χ0v) is 24.5. The van der Waals surface area contributed by atoms with Gasteiger partial charge in [0.2, 0.25) is 5.75 Å². The number of hydrogen-bond acceptors (Lipinski definition) is 7. The van der Waals surface area contributed by atoms with Crippen molar-refractivity contribution in [2.75, 3.05) is 5.32 Å². The maximum Gasteiger partial charge on any atom is 0.416 e. The van der Waals surface area contributed by atoms with E-state index in [4.69, 9.17) is 40.2 Å². The molecule has 0 atom stereocenters. The number of nitro groups is 1. The molecular weight excluding hydrogens is 696 g/mol. The quantitative estimate of drug-likeness (QED) is 0.114. The van der Waals surface area contributed by atoms with Gasteiger partial charge >= 0.3 is 17.9 Å². The molecule has 1 saturated heterocycles. The largest absolute Gasteiger partial charge is 0.449 e. The number of rotatable bonds is 6. The second kappa shape index (κ2) is 12.2. The van der Waals surface area contributed by atoms with Crippen LogP contribution in [0.5, 0.6) is 11.5 Å². The number of anilines is 1. The smallest absolute Gasteiger partial charge is 0.416 e. The molecule has 0 unspecified atom stereocenters. The Balaban J connectivity index is 1.47. The number of hydrazine groups is 1. The van der Waals surface area contributed by atoms with E-state index in [0.29, 0.717) is 28.4 Å². The van der Waals surface area contributed by atoms with Crippen molar-refractivity contribution in [1.82, 2.24) is 10.4 Å². The second-order valence-electron chi connectivity index (χ2n) is 7.94. The molecule has 1 aliphatic rings. The number of urea groups is 1. The van der Waals surface area contributed by atoms with E-state index in [9.17, 15) is 32.9 Å². The van der Waals surface area contributed by atoms with Gasteiger partial charge in [0, 0.05) is 11.8 Å². The average Bonchev–Trinajstić information content (AvgIpc) is 3.14. The molecule has 0 bridgehead atoms. The number of nitro benzene ring substituents is 1. The highest BCUT2D eigenvalue weighted by Gasteiger charge is 2.35. The van der Waals surface area contributed by atoms with Crippen molar-refractivity contribution in [3.8, 4) is 11.5 Å². The van der Waals surface area contributed by atoms with Gasteiger partial charge in [0.05, 0.1) is 29.9 Å². The summed E-state index contributed by atoms with van der Waals surface area (Å²) in [6.45, 7) is 0. The maximum atomic E-state index is 13.0. The number of carbonyl (C=O) groups is 2. The molecule has 3 aromatic rings. The van der Waals surface area contributed by atoms with Crippen molar-refractivity contribution in [2.24, 2.45) is 0 Å². The summed E-state index contributed by atoms with van der Waals surface area (Å²) in [6, 6.07) is 10.0. The van der Waals surface area contributed by atoms with Gasteiger partial charge in [0.1, 0.15) is 5.75 Å². The molecule has 0 aliphatic carbocycles. The number of nitrogens with zero attached hydrogens (tertiary/aromatic N) is 2. The number of ether oxygens (including phenoxy) is 1. The predicted molar refractivity (Wildman–Crippen MR) is 156 cm³/mol. The molecule has 4 rings (SSSR count). The normalized spacial score (nSPS) is 14.4. The Kier molecular flexibility index (Phi) is 9.13. The Morgan fingerprint density at radius 1 is 1.10 bits per heavy atom. The van der Waals surface area contributed by atoms with E-state index in [1.165, 1.54) is 42.5 Å². The Hall–Kier alpha value is -3.37. The molecule has 212 valence electrons. The van der Waals surface area contributed by atoms with Crippen molar-refractivity contribution in [3.63, 3.8) is 0 Å². The highest BCUT2D eigenvalue weighted by Crippen LogP contribution is 2.40. The molecule has 3 aromatic carbocycles. The molecule has 41 heavy (non-hydrogen) atoms. The third kappa shape index (κ3) is 7.29. The van der Waals surface area contributed by atoms with Crippen LogP contribution in [0.25, 0.3) is 6.08 Å². The van der Waals surface area contributed by atoms with E-state index >= 15 is 0 Å². The van der Waals surface area contributed by atoms with Crippen LogP contribution >= 0.6 is 63.1 Å². The summed E-state index contributed by atoms with van der Waals surface area (Å²) in [6.07, 6.45) is -3.29. The molecule has 0 aromatic heterocycles. The third-order valence-electron chi connectivity index (χ3n) is 5.14. The summed E-state index contributed by atoms with van der Waals surface area (Å²) < 4.78 is 44.8. The van der Waals surface area contributed by atoms with Crippen LogP contribution in [0, 0.1) is 10.1 Å². The standard InChI is InChI=1S/C24H12BrCl2F3N4O5S2/c25-14-7-11(1-5-18(14)39-19-6-2-12(24(28,29)30)9-17(19)34(37)38)8-20-21(35)33(23(40)41-20)32-22(36)31-13-3-4-15(26)16(27)10-13/h1-10H,(H2,31,32,36)/b20-8+. The topological polar surface area (TPSA) is 114 Å². The van der Waals surface area contributed by atoms with Crippen LogP contribution in [0.3, 0.4) is 0 Å². The number of nitrogens with one attached hydrogen (secondary N) is 2. The number of thioether (sulfide) groups is 1. The van der Waals surface area contributed by atoms with Crippen molar-refractivity contribution < 1.29 is 32.4 Å². The molecule has 0 spiro atoms. The van der Waals surface area contributed by atoms with Crippen molar-refractivity contribution >= 4 is 96.8 Å². The molecule has 0 radical (unpaired) electrons. The fourth-order valence-electron chi connectivity index (χ4n) is 3.28. The second-order valence-corrected chi connectivity index (χ2v) is 11.3. The van der Waals surface area contributed by atoms with Gasteiger partial charge in [-0.3, -0.25) is 14.9 Å². The summed E-state index contributed by atoms with van der Waals surface area (Å²) in [5, 5.41) is 15.2. The number of halogens is 6. The molecule has 2 N–H and O–H groups in total. The van der Waals surface area contributed by atoms with Gasteiger partial charge in [-0.2, -0.15) is 18.2 Å². The fraction of sp³-hybridized carbons (Fsp3) is 0.0417. The molecule has 1 heterocycles. The van der Waals surface area contributed by atoms with Gasteiger partial charge in [-0.15, -0.1) is 0 Å². The highest BCUT2D eigenvalue weighted by molar-refractivity contribution is 9.10. The van der Waals surface area contributed by atoms with Gasteiger partial charge in [-0.25, -0.2) is 10.2 Å². The van der Waals surface area contributed by atoms with E-state index in [2.05, 4.69) is 26.7 Å². The highest BCUT2D eigenvalue weighted by atomic mass is 79.9. The van der Waals surface area contributed by atoms with E-state index in [1.807, 2.05) is 0 Å².